The van der Waals surface area contributed by atoms with Gasteiger partial charge < -0.3 is 0 Å². The summed E-state index contributed by atoms with van der Waals surface area (Å²) in [7, 11) is 0.804. The van der Waals surface area contributed by atoms with Gasteiger partial charge in [-0.15, -0.1) is 31.4 Å². The number of hydrogen-bond acceptors (Lipinski definition) is 0. The lowest BCUT2D eigenvalue weighted by atomic mass is 10.4. The van der Waals surface area contributed by atoms with Gasteiger partial charge in [-0.05, 0) is 11.1 Å². The van der Waals surface area contributed by atoms with E-state index in [1.165, 1.54) is 5.30 Å². The van der Waals surface area contributed by atoms with Gasteiger partial charge in [0.1, 0.15) is 4.84 Å². The zero-order valence-corrected chi connectivity index (χ0v) is 7.28. The molecule has 1 aromatic heterocycles. The molecule has 0 bridgehead atoms. The van der Waals surface area contributed by atoms with Gasteiger partial charge in [0.25, 0.3) is 0 Å². The highest BCUT2D eigenvalue weighted by Crippen LogP contribution is 2.19. The SMILES string of the molecule is ClC(Cl)Cc1ccc[pH]1. The molecule has 1 aromatic rings. The second-order valence-electron chi connectivity index (χ2n) is 1.79. The third-order valence-corrected chi connectivity index (χ3v) is 2.45. The Morgan fingerprint density at radius 1 is 1.56 bits per heavy atom. The van der Waals surface area contributed by atoms with Crippen LogP contribution in [-0.2, 0) is 6.42 Å². The standard InChI is InChI=1S/C6H7Cl2P/c7-6(8)4-5-2-1-3-9-5/h1-3,6,9H,4H2. The van der Waals surface area contributed by atoms with Crippen LogP contribution in [-0.4, -0.2) is 4.84 Å². The summed E-state index contributed by atoms with van der Waals surface area (Å²) in [4.78, 5) is -0.233. The summed E-state index contributed by atoms with van der Waals surface area (Å²) in [5.74, 6) is 2.13. The minimum atomic E-state index is -0.233. The van der Waals surface area contributed by atoms with E-state index in [4.69, 9.17) is 23.2 Å². The second-order valence-corrected chi connectivity index (χ2v) is 4.33. The first-order valence-electron chi connectivity index (χ1n) is 2.69. The average Bonchev–Trinajstić information content (AvgIpc) is 2.15. The van der Waals surface area contributed by atoms with Crippen LogP contribution in [0.4, 0.5) is 0 Å². The zero-order chi connectivity index (χ0) is 6.69. The van der Waals surface area contributed by atoms with E-state index in [0.717, 1.165) is 14.6 Å². The summed E-state index contributed by atoms with van der Waals surface area (Å²) in [6.45, 7) is 0. The van der Waals surface area contributed by atoms with E-state index >= 15 is 0 Å². The number of alkyl halides is 2. The Bertz CT molecular complexity index is 158. The van der Waals surface area contributed by atoms with Gasteiger partial charge >= 0.3 is 0 Å². The van der Waals surface area contributed by atoms with Crippen LogP contribution in [0.15, 0.2) is 17.9 Å². The molecule has 3 heteroatoms. The van der Waals surface area contributed by atoms with E-state index in [9.17, 15) is 0 Å². The first kappa shape index (κ1) is 7.47. The lowest BCUT2D eigenvalue weighted by Crippen LogP contribution is -1.88. The van der Waals surface area contributed by atoms with E-state index in [-0.39, 0.29) is 4.84 Å². The maximum atomic E-state index is 5.56. The molecule has 0 N–H and O–H groups in total. The van der Waals surface area contributed by atoms with Gasteiger partial charge in [-0.2, -0.15) is 0 Å². The molecule has 1 rings (SSSR count). The van der Waals surface area contributed by atoms with Crippen molar-refractivity contribution in [1.82, 2.24) is 0 Å². The van der Waals surface area contributed by atoms with Gasteiger partial charge in [0.2, 0.25) is 0 Å². The molecular formula is C6H7Cl2P. The lowest BCUT2D eigenvalue weighted by Gasteiger charge is -1.94. The van der Waals surface area contributed by atoms with Crippen molar-refractivity contribution in [1.29, 1.82) is 0 Å². The molecule has 1 atom stereocenters. The number of rotatable bonds is 2. The van der Waals surface area contributed by atoms with E-state index < -0.39 is 0 Å². The van der Waals surface area contributed by atoms with Crippen LogP contribution in [0.25, 0.3) is 0 Å². The largest absolute Gasteiger partial charge is 0.136 e. The van der Waals surface area contributed by atoms with Crippen molar-refractivity contribution in [2.45, 2.75) is 11.3 Å². The van der Waals surface area contributed by atoms with Crippen LogP contribution in [0.5, 0.6) is 0 Å². The van der Waals surface area contributed by atoms with Crippen molar-refractivity contribution < 1.29 is 0 Å². The van der Waals surface area contributed by atoms with Crippen LogP contribution in [0, 0.1) is 0 Å². The van der Waals surface area contributed by atoms with Gasteiger partial charge in [-0.3, -0.25) is 0 Å². The predicted octanol–water partition coefficient (Wildman–Crippen LogP) is 3.06. The molecule has 50 valence electrons. The Morgan fingerprint density at radius 2 is 2.33 bits per heavy atom. The van der Waals surface area contributed by atoms with Crippen molar-refractivity contribution in [2.24, 2.45) is 0 Å². The second kappa shape index (κ2) is 3.51. The number of hydrogen-bond donors (Lipinski definition) is 0. The van der Waals surface area contributed by atoms with Crippen molar-refractivity contribution in [3.63, 3.8) is 0 Å². The van der Waals surface area contributed by atoms with Gasteiger partial charge in [0.05, 0.1) is 0 Å². The van der Waals surface area contributed by atoms with Crippen LogP contribution in [0.2, 0.25) is 0 Å². The Labute approximate surface area is 66.3 Å². The maximum Gasteiger partial charge on any atom is 0.112 e. The quantitative estimate of drug-likeness (QED) is 0.615. The molecule has 0 nitrogen and oxygen atoms in total. The van der Waals surface area contributed by atoms with Crippen molar-refractivity contribution in [3.05, 3.63) is 23.2 Å². The molecule has 1 unspecified atom stereocenters. The molecular weight excluding hydrogens is 174 g/mol. The third-order valence-electron chi connectivity index (χ3n) is 1.04. The van der Waals surface area contributed by atoms with Gasteiger partial charge in [0.15, 0.2) is 0 Å². The summed E-state index contributed by atoms with van der Waals surface area (Å²) in [5.41, 5.74) is 0. The normalized spacial score (nSPS) is 11.4. The molecule has 0 amide bonds. The van der Waals surface area contributed by atoms with E-state index in [1.54, 1.807) is 0 Å². The van der Waals surface area contributed by atoms with E-state index in [1.807, 2.05) is 6.07 Å². The van der Waals surface area contributed by atoms with Crippen molar-refractivity contribution >= 4 is 31.4 Å². The summed E-state index contributed by atoms with van der Waals surface area (Å²) < 4.78 is 0. The topological polar surface area (TPSA) is 0 Å². The molecule has 0 spiro atoms. The third kappa shape index (κ3) is 2.62. The molecule has 1 heterocycles. The van der Waals surface area contributed by atoms with Crippen LogP contribution in [0.3, 0.4) is 0 Å². The van der Waals surface area contributed by atoms with Crippen LogP contribution in [0.1, 0.15) is 5.30 Å². The summed E-state index contributed by atoms with van der Waals surface area (Å²) >= 11 is 11.1. The van der Waals surface area contributed by atoms with Crippen molar-refractivity contribution in [2.75, 3.05) is 0 Å². The average molecular weight is 181 g/mol. The highest BCUT2D eigenvalue weighted by atomic mass is 35.5. The van der Waals surface area contributed by atoms with Crippen LogP contribution >= 0.6 is 31.4 Å². The van der Waals surface area contributed by atoms with Gasteiger partial charge in [-0.25, -0.2) is 0 Å². The molecule has 0 aliphatic carbocycles. The number of halogens is 2. The predicted molar refractivity (Wildman–Crippen MR) is 45.1 cm³/mol. The summed E-state index contributed by atoms with van der Waals surface area (Å²) in [5, 5.41) is 1.35. The Kier molecular flexibility index (Phi) is 2.91. The molecule has 0 aliphatic rings. The molecule has 0 fully saturated rings. The maximum absolute atomic E-state index is 5.56. The Hall–Kier alpha value is 0.360. The zero-order valence-electron chi connectivity index (χ0n) is 4.77. The van der Waals surface area contributed by atoms with E-state index in [0.29, 0.717) is 0 Å². The molecule has 9 heavy (non-hydrogen) atoms. The van der Waals surface area contributed by atoms with Crippen molar-refractivity contribution in [3.8, 4) is 0 Å². The monoisotopic (exact) mass is 180 g/mol. The van der Waals surface area contributed by atoms with Gasteiger partial charge in [-0.1, -0.05) is 12.1 Å². The molecule has 0 saturated heterocycles. The molecule has 0 radical (unpaired) electrons. The summed E-state index contributed by atoms with van der Waals surface area (Å²) in [6, 6.07) is 4.13. The fourth-order valence-corrected chi connectivity index (χ4v) is 2.17. The molecule has 0 aromatic carbocycles. The minimum absolute atomic E-state index is 0.233. The highest BCUT2D eigenvalue weighted by molar-refractivity contribution is 7.30. The minimum Gasteiger partial charge on any atom is -0.136 e. The molecule has 0 saturated carbocycles. The summed E-state index contributed by atoms with van der Waals surface area (Å²) in [6.07, 6.45) is 0.814. The smallest absolute Gasteiger partial charge is 0.112 e. The van der Waals surface area contributed by atoms with E-state index in [2.05, 4.69) is 11.9 Å². The fraction of sp³-hybridized carbons (Fsp3) is 0.333. The molecule has 0 aliphatic heterocycles. The Balaban J connectivity index is 2.48. The van der Waals surface area contributed by atoms with Crippen LogP contribution < -0.4 is 0 Å². The Morgan fingerprint density at radius 3 is 2.78 bits per heavy atom. The lowest BCUT2D eigenvalue weighted by molar-refractivity contribution is 1.12. The highest BCUT2D eigenvalue weighted by Gasteiger charge is 1.99. The van der Waals surface area contributed by atoms with Gasteiger partial charge in [0, 0.05) is 6.42 Å². The first-order chi connectivity index (χ1) is 4.29. The first-order valence-corrected chi connectivity index (χ1v) is 4.64. The fourth-order valence-electron chi connectivity index (χ4n) is 0.661.